The summed E-state index contributed by atoms with van der Waals surface area (Å²) in [7, 11) is 1.36. The Morgan fingerprint density at radius 3 is 2.80 bits per heavy atom. The molecular formula is C7H12O3. The Labute approximate surface area is 60.3 Å². The lowest BCUT2D eigenvalue weighted by atomic mass is 10.3. The van der Waals surface area contributed by atoms with Gasteiger partial charge >= 0.3 is 5.97 Å². The number of aliphatic hydroxyl groups is 1. The summed E-state index contributed by atoms with van der Waals surface area (Å²) in [4.78, 5) is 10.5. The summed E-state index contributed by atoms with van der Waals surface area (Å²) >= 11 is 0. The minimum Gasteiger partial charge on any atom is -0.469 e. The maximum atomic E-state index is 10.5. The maximum absolute atomic E-state index is 10.5. The number of aliphatic hydroxyl groups excluding tert-OH is 1. The predicted molar refractivity (Wildman–Crippen MR) is 37.5 cm³/mol. The van der Waals surface area contributed by atoms with Crippen LogP contribution in [-0.4, -0.2) is 24.8 Å². The van der Waals surface area contributed by atoms with Crippen LogP contribution in [0.1, 0.15) is 12.8 Å². The van der Waals surface area contributed by atoms with Gasteiger partial charge in [-0.1, -0.05) is 12.2 Å². The number of allylic oxidation sites excluding steroid dienone is 1. The number of carbonyl (C=O) groups excluding carboxylic acids is 1. The van der Waals surface area contributed by atoms with Gasteiger partial charge in [0.05, 0.1) is 13.7 Å². The summed E-state index contributed by atoms with van der Waals surface area (Å²) in [6.07, 6.45) is 4.36. The van der Waals surface area contributed by atoms with Gasteiger partial charge in [-0.3, -0.25) is 4.79 Å². The van der Waals surface area contributed by atoms with Crippen molar-refractivity contribution < 1.29 is 14.6 Å². The van der Waals surface area contributed by atoms with E-state index in [4.69, 9.17) is 5.11 Å². The zero-order valence-corrected chi connectivity index (χ0v) is 6.04. The molecule has 0 aromatic carbocycles. The van der Waals surface area contributed by atoms with Gasteiger partial charge in [0.25, 0.3) is 0 Å². The van der Waals surface area contributed by atoms with Crippen LogP contribution in [0.4, 0.5) is 0 Å². The van der Waals surface area contributed by atoms with Crippen LogP contribution in [0, 0.1) is 0 Å². The normalized spacial score (nSPS) is 10.2. The molecule has 3 nitrogen and oxygen atoms in total. The first-order valence-corrected chi connectivity index (χ1v) is 3.14. The fourth-order valence-corrected chi connectivity index (χ4v) is 0.496. The van der Waals surface area contributed by atoms with Crippen molar-refractivity contribution in [3.8, 4) is 0 Å². The Balaban J connectivity index is 3.19. The van der Waals surface area contributed by atoms with Gasteiger partial charge in [0.15, 0.2) is 0 Å². The van der Waals surface area contributed by atoms with E-state index in [0.717, 1.165) is 0 Å². The standard InChI is InChI=1S/C7H12O3/c1-10-7(9)5-3-2-4-6-8/h2,4,8H,3,5-6H2,1H3/b4-2+. The van der Waals surface area contributed by atoms with E-state index in [0.29, 0.717) is 12.8 Å². The summed E-state index contributed by atoms with van der Waals surface area (Å²) in [5.41, 5.74) is 0. The Kier molecular flexibility index (Phi) is 5.77. The Bertz CT molecular complexity index is 118. The van der Waals surface area contributed by atoms with Gasteiger partial charge in [-0.2, -0.15) is 0 Å². The van der Waals surface area contributed by atoms with Gasteiger partial charge in [0.1, 0.15) is 0 Å². The fraction of sp³-hybridized carbons (Fsp3) is 0.571. The zero-order valence-electron chi connectivity index (χ0n) is 6.04. The lowest BCUT2D eigenvalue weighted by molar-refractivity contribution is -0.140. The summed E-state index contributed by atoms with van der Waals surface area (Å²) in [6, 6.07) is 0. The van der Waals surface area contributed by atoms with E-state index in [1.165, 1.54) is 7.11 Å². The lowest BCUT2D eigenvalue weighted by Gasteiger charge is -1.92. The predicted octanol–water partition coefficient (Wildman–Crippen LogP) is 0.488. The van der Waals surface area contributed by atoms with Crippen LogP contribution in [0.15, 0.2) is 12.2 Å². The van der Waals surface area contributed by atoms with Crippen molar-refractivity contribution in [2.45, 2.75) is 12.8 Å². The highest BCUT2D eigenvalue weighted by atomic mass is 16.5. The second-order valence-corrected chi connectivity index (χ2v) is 1.77. The Morgan fingerprint density at radius 1 is 1.60 bits per heavy atom. The van der Waals surface area contributed by atoms with Crippen molar-refractivity contribution in [1.82, 2.24) is 0 Å². The summed E-state index contributed by atoms with van der Waals surface area (Å²) < 4.78 is 4.40. The quantitative estimate of drug-likeness (QED) is 0.461. The van der Waals surface area contributed by atoms with Crippen molar-refractivity contribution in [3.63, 3.8) is 0 Å². The number of hydrogen-bond acceptors (Lipinski definition) is 3. The molecule has 0 saturated carbocycles. The molecule has 10 heavy (non-hydrogen) atoms. The smallest absolute Gasteiger partial charge is 0.305 e. The first-order valence-electron chi connectivity index (χ1n) is 3.14. The molecular weight excluding hydrogens is 132 g/mol. The second kappa shape index (κ2) is 6.29. The fourth-order valence-electron chi connectivity index (χ4n) is 0.496. The maximum Gasteiger partial charge on any atom is 0.305 e. The SMILES string of the molecule is COC(=O)CC/C=C/CO. The van der Waals surface area contributed by atoms with Crippen molar-refractivity contribution in [2.24, 2.45) is 0 Å². The van der Waals surface area contributed by atoms with E-state index >= 15 is 0 Å². The number of esters is 1. The zero-order chi connectivity index (χ0) is 7.82. The van der Waals surface area contributed by atoms with Crippen LogP contribution in [0.5, 0.6) is 0 Å². The van der Waals surface area contributed by atoms with Crippen LogP contribution in [0.25, 0.3) is 0 Å². The molecule has 0 aromatic rings. The molecule has 0 aliphatic carbocycles. The van der Waals surface area contributed by atoms with Gasteiger partial charge in [0, 0.05) is 6.42 Å². The first-order chi connectivity index (χ1) is 4.81. The van der Waals surface area contributed by atoms with Crippen molar-refractivity contribution in [1.29, 1.82) is 0 Å². The van der Waals surface area contributed by atoms with Gasteiger partial charge < -0.3 is 9.84 Å². The van der Waals surface area contributed by atoms with Crippen LogP contribution in [0.3, 0.4) is 0 Å². The minimum absolute atomic E-state index is 0.0289. The first kappa shape index (κ1) is 9.17. The van der Waals surface area contributed by atoms with Crippen molar-refractivity contribution in [2.75, 3.05) is 13.7 Å². The van der Waals surface area contributed by atoms with Gasteiger partial charge in [-0.15, -0.1) is 0 Å². The third kappa shape index (κ3) is 5.31. The monoisotopic (exact) mass is 144 g/mol. The third-order valence-corrected chi connectivity index (χ3v) is 1.01. The highest BCUT2D eigenvalue weighted by Crippen LogP contribution is 1.92. The average molecular weight is 144 g/mol. The highest BCUT2D eigenvalue weighted by Gasteiger charge is 1.94. The second-order valence-electron chi connectivity index (χ2n) is 1.77. The van der Waals surface area contributed by atoms with E-state index < -0.39 is 0 Å². The molecule has 3 heteroatoms. The molecule has 58 valence electrons. The van der Waals surface area contributed by atoms with E-state index in [2.05, 4.69) is 4.74 Å². The number of carbonyl (C=O) groups is 1. The molecule has 0 amide bonds. The molecule has 0 atom stereocenters. The highest BCUT2D eigenvalue weighted by molar-refractivity contribution is 5.69. The van der Waals surface area contributed by atoms with Crippen LogP contribution >= 0.6 is 0 Å². The number of hydrogen-bond donors (Lipinski definition) is 1. The lowest BCUT2D eigenvalue weighted by Crippen LogP contribution is -1.97. The summed E-state index contributed by atoms with van der Waals surface area (Å²) in [6.45, 7) is 0.0289. The van der Waals surface area contributed by atoms with Crippen molar-refractivity contribution in [3.05, 3.63) is 12.2 Å². The largest absolute Gasteiger partial charge is 0.469 e. The van der Waals surface area contributed by atoms with Gasteiger partial charge in [-0.05, 0) is 6.42 Å². The molecule has 0 radical (unpaired) electrons. The Morgan fingerprint density at radius 2 is 2.30 bits per heavy atom. The average Bonchev–Trinajstić information content (AvgIpc) is 1.98. The topological polar surface area (TPSA) is 46.5 Å². The summed E-state index contributed by atoms with van der Waals surface area (Å²) in [5.74, 6) is -0.220. The van der Waals surface area contributed by atoms with Gasteiger partial charge in [0.2, 0.25) is 0 Å². The molecule has 0 saturated heterocycles. The van der Waals surface area contributed by atoms with E-state index in [-0.39, 0.29) is 12.6 Å². The molecule has 0 aromatic heterocycles. The molecule has 0 fully saturated rings. The number of rotatable bonds is 4. The molecule has 0 rings (SSSR count). The Hall–Kier alpha value is -0.830. The van der Waals surface area contributed by atoms with Crippen molar-refractivity contribution >= 4 is 5.97 Å². The summed E-state index contributed by atoms with van der Waals surface area (Å²) in [5, 5.41) is 8.29. The third-order valence-electron chi connectivity index (χ3n) is 1.01. The van der Waals surface area contributed by atoms with Crippen LogP contribution in [-0.2, 0) is 9.53 Å². The number of methoxy groups -OCH3 is 1. The molecule has 0 spiro atoms. The number of ether oxygens (including phenoxy) is 1. The van der Waals surface area contributed by atoms with Gasteiger partial charge in [-0.25, -0.2) is 0 Å². The molecule has 0 aliphatic rings. The molecule has 0 aliphatic heterocycles. The van der Waals surface area contributed by atoms with E-state index in [1.807, 2.05) is 0 Å². The molecule has 1 N–H and O–H groups in total. The molecule has 0 bridgehead atoms. The molecule has 0 unspecified atom stereocenters. The van der Waals surface area contributed by atoms with Crippen LogP contribution < -0.4 is 0 Å². The van der Waals surface area contributed by atoms with E-state index in [1.54, 1.807) is 12.2 Å². The minimum atomic E-state index is -0.220. The van der Waals surface area contributed by atoms with Crippen LogP contribution in [0.2, 0.25) is 0 Å². The molecule has 0 heterocycles. The van der Waals surface area contributed by atoms with E-state index in [9.17, 15) is 4.79 Å².